The maximum Gasteiger partial charge on any atom is 0.332 e. The number of nitrogens with zero attached hydrogens (tertiary/aromatic N) is 1. The molecule has 0 spiro atoms. The van der Waals surface area contributed by atoms with Crippen LogP contribution in [-0.2, 0) is 11.2 Å². The van der Waals surface area contributed by atoms with Crippen molar-refractivity contribution in [3.05, 3.63) is 53.8 Å². The Morgan fingerprint density at radius 3 is 2.73 bits per heavy atom. The third kappa shape index (κ3) is 2.76. The van der Waals surface area contributed by atoms with E-state index in [2.05, 4.69) is 5.32 Å². The number of amides is 3. The Morgan fingerprint density at radius 2 is 2.00 bits per heavy atom. The minimum absolute atomic E-state index is 0.290. The molecule has 0 atom stereocenters. The van der Waals surface area contributed by atoms with Crippen molar-refractivity contribution in [2.45, 2.75) is 6.42 Å². The van der Waals surface area contributed by atoms with Gasteiger partial charge in [-0.1, -0.05) is 0 Å². The van der Waals surface area contributed by atoms with Crippen LogP contribution in [0.25, 0.3) is 0 Å². The summed E-state index contributed by atoms with van der Waals surface area (Å²) < 4.78 is 18.3. The molecule has 3 rings (SSSR count). The molecule has 0 fully saturated rings. The van der Waals surface area contributed by atoms with Crippen molar-refractivity contribution < 1.29 is 18.7 Å². The van der Waals surface area contributed by atoms with E-state index in [4.69, 9.17) is 4.74 Å². The first-order valence-corrected chi connectivity index (χ1v) is 6.74. The van der Waals surface area contributed by atoms with Crippen LogP contribution >= 0.6 is 0 Å². The van der Waals surface area contributed by atoms with Crippen molar-refractivity contribution in [1.82, 2.24) is 0 Å². The Hall–Kier alpha value is -2.89. The molecule has 2 aromatic rings. The molecule has 0 bridgehead atoms. The maximum absolute atomic E-state index is 12.9. The molecule has 3 amide bonds. The van der Waals surface area contributed by atoms with Crippen LogP contribution < -0.4 is 15.0 Å². The fraction of sp³-hybridized carbons (Fsp3) is 0.125. The highest BCUT2D eigenvalue weighted by molar-refractivity contribution is 6.12. The Morgan fingerprint density at radius 1 is 1.23 bits per heavy atom. The second-order valence-electron chi connectivity index (χ2n) is 4.80. The fourth-order valence-electron chi connectivity index (χ4n) is 2.28. The van der Waals surface area contributed by atoms with Gasteiger partial charge in [-0.15, -0.1) is 0 Å². The minimum Gasteiger partial charge on any atom is -0.493 e. The van der Waals surface area contributed by atoms with Gasteiger partial charge in [0.05, 0.1) is 12.3 Å². The molecule has 0 saturated heterocycles. The van der Waals surface area contributed by atoms with Crippen LogP contribution in [0.4, 0.5) is 20.6 Å². The van der Waals surface area contributed by atoms with Crippen LogP contribution in [0, 0.1) is 5.82 Å². The molecule has 0 aliphatic carbocycles. The zero-order valence-electron chi connectivity index (χ0n) is 11.6. The number of fused-ring (bicyclic) bond motifs is 1. The Bertz CT molecular complexity index is 716. The molecule has 2 aromatic carbocycles. The van der Waals surface area contributed by atoms with Gasteiger partial charge in [0.25, 0.3) is 0 Å². The first-order valence-electron chi connectivity index (χ1n) is 6.74. The van der Waals surface area contributed by atoms with Crippen LogP contribution in [-0.4, -0.2) is 19.0 Å². The number of imide groups is 1. The summed E-state index contributed by atoms with van der Waals surface area (Å²) in [7, 11) is 0. The van der Waals surface area contributed by atoms with E-state index in [1.807, 2.05) is 6.07 Å². The number of carbonyl (C=O) groups is 2. The average molecular weight is 300 g/mol. The van der Waals surface area contributed by atoms with E-state index in [1.54, 1.807) is 12.1 Å². The van der Waals surface area contributed by atoms with E-state index in [0.29, 0.717) is 24.4 Å². The summed E-state index contributed by atoms with van der Waals surface area (Å²) in [6, 6.07) is 9.78. The molecule has 112 valence electrons. The first kappa shape index (κ1) is 14.1. The van der Waals surface area contributed by atoms with E-state index in [9.17, 15) is 14.0 Å². The van der Waals surface area contributed by atoms with Crippen molar-refractivity contribution >= 4 is 23.8 Å². The lowest BCUT2D eigenvalue weighted by atomic mass is 10.1. The summed E-state index contributed by atoms with van der Waals surface area (Å²) in [6.45, 7) is 0.628. The number of halogens is 1. The second kappa shape index (κ2) is 5.85. The van der Waals surface area contributed by atoms with Gasteiger partial charge < -0.3 is 10.1 Å². The lowest BCUT2D eigenvalue weighted by Gasteiger charge is -2.16. The topological polar surface area (TPSA) is 58.6 Å². The Labute approximate surface area is 126 Å². The molecule has 1 aliphatic rings. The van der Waals surface area contributed by atoms with Crippen LogP contribution in [0.15, 0.2) is 42.5 Å². The monoisotopic (exact) mass is 300 g/mol. The number of ether oxygens (including phenoxy) is 1. The molecular formula is C16H13FN2O3. The van der Waals surface area contributed by atoms with Gasteiger partial charge >= 0.3 is 6.03 Å². The zero-order valence-corrected chi connectivity index (χ0v) is 11.6. The van der Waals surface area contributed by atoms with Crippen molar-refractivity contribution in [2.24, 2.45) is 0 Å². The normalized spacial score (nSPS) is 12.2. The minimum atomic E-state index is -0.611. The van der Waals surface area contributed by atoms with Crippen molar-refractivity contribution in [2.75, 3.05) is 16.8 Å². The van der Waals surface area contributed by atoms with Gasteiger partial charge in [-0.25, -0.2) is 14.1 Å². The van der Waals surface area contributed by atoms with Crippen molar-refractivity contribution in [1.29, 1.82) is 0 Å². The smallest absolute Gasteiger partial charge is 0.332 e. The number of hydrogen-bond donors (Lipinski definition) is 1. The number of carbonyl (C=O) groups excluding carboxylic acids is 2. The Balaban J connectivity index is 1.77. The third-order valence-electron chi connectivity index (χ3n) is 3.37. The number of benzene rings is 2. The van der Waals surface area contributed by atoms with Gasteiger partial charge in [0.15, 0.2) is 0 Å². The van der Waals surface area contributed by atoms with Crippen LogP contribution in [0.2, 0.25) is 0 Å². The van der Waals surface area contributed by atoms with E-state index < -0.39 is 11.8 Å². The summed E-state index contributed by atoms with van der Waals surface area (Å²) in [5.74, 6) is 0.373. The highest BCUT2D eigenvalue weighted by Crippen LogP contribution is 2.28. The molecule has 1 N–H and O–H groups in total. The quantitative estimate of drug-likeness (QED) is 0.887. The van der Waals surface area contributed by atoms with Gasteiger partial charge in [0, 0.05) is 12.1 Å². The number of hydrogen-bond acceptors (Lipinski definition) is 3. The number of nitrogens with one attached hydrogen (secondary N) is 1. The molecule has 0 aromatic heterocycles. The molecule has 0 unspecified atom stereocenters. The van der Waals surface area contributed by atoms with E-state index >= 15 is 0 Å². The molecule has 0 saturated carbocycles. The molecule has 22 heavy (non-hydrogen) atoms. The van der Waals surface area contributed by atoms with Gasteiger partial charge in [-0.05, 0) is 48.0 Å². The maximum atomic E-state index is 12.9. The summed E-state index contributed by atoms with van der Waals surface area (Å²) in [4.78, 5) is 24.2. The molecule has 0 radical (unpaired) electrons. The van der Waals surface area contributed by atoms with Crippen molar-refractivity contribution in [3.63, 3.8) is 0 Å². The van der Waals surface area contributed by atoms with Crippen LogP contribution in [0.5, 0.6) is 5.75 Å². The second-order valence-corrected chi connectivity index (χ2v) is 4.80. The lowest BCUT2D eigenvalue weighted by molar-refractivity contribution is -0.106. The fourth-order valence-corrected chi connectivity index (χ4v) is 2.28. The molecular weight excluding hydrogens is 287 g/mol. The largest absolute Gasteiger partial charge is 0.493 e. The average Bonchev–Trinajstić information content (AvgIpc) is 2.97. The summed E-state index contributed by atoms with van der Waals surface area (Å²) in [6.07, 6.45) is 1.17. The van der Waals surface area contributed by atoms with Crippen LogP contribution in [0.3, 0.4) is 0 Å². The first-order chi connectivity index (χ1) is 10.7. The van der Waals surface area contributed by atoms with Crippen molar-refractivity contribution in [3.8, 4) is 5.75 Å². The van der Waals surface area contributed by atoms with E-state index in [-0.39, 0.29) is 0 Å². The van der Waals surface area contributed by atoms with E-state index in [1.165, 1.54) is 24.3 Å². The summed E-state index contributed by atoms with van der Waals surface area (Å²) >= 11 is 0. The number of urea groups is 1. The van der Waals surface area contributed by atoms with Gasteiger partial charge in [-0.3, -0.25) is 4.79 Å². The van der Waals surface area contributed by atoms with Gasteiger partial charge in [0.1, 0.15) is 11.6 Å². The molecule has 1 heterocycles. The van der Waals surface area contributed by atoms with E-state index in [0.717, 1.165) is 22.6 Å². The standard InChI is InChI=1S/C16H13FN2O3/c17-12-1-4-14(5-2-12)19(10-20)16(21)18-13-3-6-15-11(9-13)7-8-22-15/h1-6,9-10H,7-8H2,(H,18,21). The van der Waals surface area contributed by atoms with Gasteiger partial charge in [0.2, 0.25) is 6.41 Å². The third-order valence-corrected chi connectivity index (χ3v) is 3.37. The molecule has 5 nitrogen and oxygen atoms in total. The highest BCUT2D eigenvalue weighted by atomic mass is 19.1. The molecule has 6 heteroatoms. The number of anilines is 2. The van der Waals surface area contributed by atoms with Crippen LogP contribution in [0.1, 0.15) is 5.56 Å². The predicted molar refractivity (Wildman–Crippen MR) is 79.6 cm³/mol. The summed E-state index contributed by atoms with van der Waals surface area (Å²) in [5, 5.41) is 2.64. The molecule has 1 aliphatic heterocycles. The number of rotatable bonds is 3. The summed E-state index contributed by atoms with van der Waals surface area (Å²) in [5.41, 5.74) is 1.87. The Kier molecular flexibility index (Phi) is 3.74. The highest BCUT2D eigenvalue weighted by Gasteiger charge is 2.17. The lowest BCUT2D eigenvalue weighted by Crippen LogP contribution is -2.33. The SMILES string of the molecule is O=CN(C(=O)Nc1ccc2c(c1)CCO2)c1ccc(F)cc1. The predicted octanol–water partition coefficient (Wildman–Crippen LogP) is 2.96. The van der Waals surface area contributed by atoms with Gasteiger partial charge in [-0.2, -0.15) is 0 Å². The zero-order chi connectivity index (χ0) is 15.5.